The molecule has 0 bridgehead atoms. The van der Waals surface area contributed by atoms with Crippen LogP contribution in [0.25, 0.3) is 11.0 Å². The third-order valence-electron chi connectivity index (χ3n) is 4.91. The molecule has 0 spiro atoms. The molecule has 0 atom stereocenters. The predicted octanol–water partition coefficient (Wildman–Crippen LogP) is 4.32. The number of carbonyl (C=O) groups is 1. The number of imidazole rings is 1. The molecule has 3 aromatic carbocycles. The number of nitrogens with one attached hydrogen (secondary N) is 2. The van der Waals surface area contributed by atoms with Crippen LogP contribution in [0.15, 0.2) is 60.7 Å². The van der Waals surface area contributed by atoms with E-state index in [1.165, 1.54) is 6.07 Å². The minimum atomic E-state index is -0.259. The first-order chi connectivity index (χ1) is 14.7. The van der Waals surface area contributed by atoms with Crippen molar-refractivity contribution in [1.82, 2.24) is 9.97 Å². The quantitative estimate of drug-likeness (QED) is 0.532. The van der Waals surface area contributed by atoms with Crippen molar-refractivity contribution in [3.8, 4) is 11.5 Å². The number of ether oxygens (including phenoxy) is 2. The van der Waals surface area contributed by atoms with Crippen LogP contribution in [0.4, 0.5) is 10.1 Å². The van der Waals surface area contributed by atoms with E-state index in [0.29, 0.717) is 53.8 Å². The Morgan fingerprint density at radius 3 is 2.73 bits per heavy atom. The first-order valence-corrected chi connectivity index (χ1v) is 9.59. The summed E-state index contributed by atoms with van der Waals surface area (Å²) in [5, 5.41) is 2.88. The number of aromatic amines is 1. The number of hydrogen-bond acceptors (Lipinski definition) is 4. The molecule has 1 aliphatic heterocycles. The SMILES string of the molecule is O=C(Nc1ccc2nc(Cc3ccccc3F)[nH]c2c1)c1ccc2c(c1)OCCO2. The van der Waals surface area contributed by atoms with Crippen molar-refractivity contribution in [2.24, 2.45) is 0 Å². The maximum absolute atomic E-state index is 13.9. The second-order valence-corrected chi connectivity index (χ2v) is 7.00. The molecule has 2 N–H and O–H groups in total. The Kier molecular flexibility index (Phi) is 4.55. The summed E-state index contributed by atoms with van der Waals surface area (Å²) in [5.41, 5.74) is 3.19. The number of fused-ring (bicyclic) bond motifs is 2. The minimum absolute atomic E-state index is 0.252. The van der Waals surface area contributed by atoms with Crippen molar-refractivity contribution in [2.45, 2.75) is 6.42 Å². The van der Waals surface area contributed by atoms with E-state index in [1.54, 1.807) is 42.5 Å². The van der Waals surface area contributed by atoms with Gasteiger partial charge in [-0.25, -0.2) is 9.37 Å². The molecule has 0 aliphatic carbocycles. The Hall–Kier alpha value is -3.87. The summed E-state index contributed by atoms with van der Waals surface area (Å²) in [5.74, 6) is 1.35. The van der Waals surface area contributed by atoms with Crippen LogP contribution in [0.1, 0.15) is 21.7 Å². The predicted molar refractivity (Wildman–Crippen MR) is 111 cm³/mol. The molecule has 150 valence electrons. The molecule has 2 heterocycles. The topological polar surface area (TPSA) is 76.2 Å². The monoisotopic (exact) mass is 403 g/mol. The van der Waals surface area contributed by atoms with Crippen LogP contribution in [0, 0.1) is 5.82 Å². The molecule has 4 aromatic rings. The van der Waals surface area contributed by atoms with E-state index in [2.05, 4.69) is 15.3 Å². The van der Waals surface area contributed by atoms with Crippen LogP contribution in [-0.4, -0.2) is 29.1 Å². The summed E-state index contributed by atoms with van der Waals surface area (Å²) in [7, 11) is 0. The second-order valence-electron chi connectivity index (χ2n) is 7.00. The van der Waals surface area contributed by atoms with Crippen LogP contribution in [0.3, 0.4) is 0 Å². The number of carbonyl (C=O) groups excluding carboxylic acids is 1. The van der Waals surface area contributed by atoms with Gasteiger partial charge in [0.1, 0.15) is 24.9 Å². The Morgan fingerprint density at radius 1 is 1.03 bits per heavy atom. The van der Waals surface area contributed by atoms with Gasteiger partial charge in [-0.3, -0.25) is 4.79 Å². The summed E-state index contributed by atoms with van der Waals surface area (Å²) >= 11 is 0. The lowest BCUT2D eigenvalue weighted by molar-refractivity contribution is 0.102. The van der Waals surface area contributed by atoms with E-state index >= 15 is 0 Å². The highest BCUT2D eigenvalue weighted by atomic mass is 19.1. The number of nitrogens with zero attached hydrogens (tertiary/aromatic N) is 1. The van der Waals surface area contributed by atoms with Gasteiger partial charge in [0.05, 0.1) is 11.0 Å². The van der Waals surface area contributed by atoms with E-state index in [-0.39, 0.29) is 11.7 Å². The molecule has 7 heteroatoms. The molecular weight excluding hydrogens is 385 g/mol. The molecular formula is C23H18FN3O3. The fraction of sp³-hybridized carbons (Fsp3) is 0.130. The van der Waals surface area contributed by atoms with E-state index in [0.717, 1.165) is 11.0 Å². The zero-order chi connectivity index (χ0) is 20.5. The summed E-state index contributed by atoms with van der Waals surface area (Å²) < 4.78 is 24.9. The van der Waals surface area contributed by atoms with Crippen molar-refractivity contribution in [1.29, 1.82) is 0 Å². The van der Waals surface area contributed by atoms with Crippen molar-refractivity contribution in [3.05, 3.63) is 83.4 Å². The maximum atomic E-state index is 13.9. The Balaban J connectivity index is 1.35. The average Bonchev–Trinajstić information content (AvgIpc) is 3.16. The molecule has 0 fully saturated rings. The molecule has 30 heavy (non-hydrogen) atoms. The molecule has 0 unspecified atom stereocenters. The van der Waals surface area contributed by atoms with E-state index in [9.17, 15) is 9.18 Å². The number of aromatic nitrogens is 2. The lowest BCUT2D eigenvalue weighted by Crippen LogP contribution is -2.17. The number of rotatable bonds is 4. The van der Waals surface area contributed by atoms with Gasteiger partial charge in [0, 0.05) is 17.7 Å². The molecule has 1 aromatic heterocycles. The number of amides is 1. The van der Waals surface area contributed by atoms with Gasteiger partial charge in [-0.15, -0.1) is 0 Å². The second kappa shape index (κ2) is 7.51. The van der Waals surface area contributed by atoms with Crippen molar-refractivity contribution >= 4 is 22.6 Å². The van der Waals surface area contributed by atoms with Gasteiger partial charge in [-0.2, -0.15) is 0 Å². The fourth-order valence-electron chi connectivity index (χ4n) is 3.43. The van der Waals surface area contributed by atoms with Crippen LogP contribution < -0.4 is 14.8 Å². The number of anilines is 1. The molecule has 1 amide bonds. The minimum Gasteiger partial charge on any atom is -0.486 e. The third kappa shape index (κ3) is 3.57. The zero-order valence-electron chi connectivity index (χ0n) is 15.9. The van der Waals surface area contributed by atoms with Gasteiger partial charge < -0.3 is 19.8 Å². The van der Waals surface area contributed by atoms with Gasteiger partial charge in [0.15, 0.2) is 11.5 Å². The first kappa shape index (κ1) is 18.2. The van der Waals surface area contributed by atoms with E-state index in [4.69, 9.17) is 9.47 Å². The van der Waals surface area contributed by atoms with Gasteiger partial charge in [-0.1, -0.05) is 18.2 Å². The average molecular weight is 403 g/mol. The standard InChI is InChI=1S/C23H18FN3O3/c24-17-4-2-1-3-14(17)12-22-26-18-7-6-16(13-19(18)27-22)25-23(28)15-5-8-20-21(11-15)30-10-9-29-20/h1-8,11,13H,9-10,12H2,(H,25,28)(H,26,27). The molecule has 0 saturated carbocycles. The van der Waals surface area contributed by atoms with Crippen molar-refractivity contribution in [2.75, 3.05) is 18.5 Å². The highest BCUT2D eigenvalue weighted by molar-refractivity contribution is 6.05. The first-order valence-electron chi connectivity index (χ1n) is 9.59. The highest BCUT2D eigenvalue weighted by Gasteiger charge is 2.15. The lowest BCUT2D eigenvalue weighted by Gasteiger charge is -2.18. The number of benzene rings is 3. The van der Waals surface area contributed by atoms with Gasteiger partial charge in [0.25, 0.3) is 5.91 Å². The van der Waals surface area contributed by atoms with Crippen molar-refractivity contribution in [3.63, 3.8) is 0 Å². The smallest absolute Gasteiger partial charge is 0.255 e. The lowest BCUT2D eigenvalue weighted by atomic mass is 10.1. The molecule has 0 radical (unpaired) electrons. The Labute approximate surface area is 171 Å². The van der Waals surface area contributed by atoms with Crippen LogP contribution in [-0.2, 0) is 6.42 Å². The largest absolute Gasteiger partial charge is 0.486 e. The van der Waals surface area contributed by atoms with Crippen LogP contribution in [0.2, 0.25) is 0 Å². The van der Waals surface area contributed by atoms with Crippen LogP contribution >= 0.6 is 0 Å². The molecule has 6 nitrogen and oxygen atoms in total. The van der Waals surface area contributed by atoms with E-state index < -0.39 is 0 Å². The molecule has 0 saturated heterocycles. The number of halogens is 1. The summed E-state index contributed by atoms with van der Waals surface area (Å²) in [6.45, 7) is 0.964. The number of H-pyrrole nitrogens is 1. The van der Waals surface area contributed by atoms with Crippen molar-refractivity contribution < 1.29 is 18.7 Å². The fourth-order valence-corrected chi connectivity index (χ4v) is 3.43. The van der Waals surface area contributed by atoms with Gasteiger partial charge in [0.2, 0.25) is 0 Å². The Morgan fingerprint density at radius 2 is 1.87 bits per heavy atom. The number of hydrogen-bond donors (Lipinski definition) is 2. The van der Waals surface area contributed by atoms with E-state index in [1.807, 2.05) is 12.1 Å². The summed E-state index contributed by atoms with van der Waals surface area (Å²) in [6.07, 6.45) is 0.361. The van der Waals surface area contributed by atoms with Gasteiger partial charge >= 0.3 is 0 Å². The third-order valence-corrected chi connectivity index (χ3v) is 4.91. The van der Waals surface area contributed by atoms with Crippen LogP contribution in [0.5, 0.6) is 11.5 Å². The summed E-state index contributed by atoms with van der Waals surface area (Å²) in [6, 6.07) is 17.1. The maximum Gasteiger partial charge on any atom is 0.255 e. The molecule has 5 rings (SSSR count). The normalized spacial score (nSPS) is 12.7. The Bertz CT molecular complexity index is 1250. The molecule has 1 aliphatic rings. The van der Waals surface area contributed by atoms with Gasteiger partial charge in [-0.05, 0) is 48.0 Å². The summed E-state index contributed by atoms with van der Waals surface area (Å²) in [4.78, 5) is 20.4. The highest BCUT2D eigenvalue weighted by Crippen LogP contribution is 2.31. The zero-order valence-corrected chi connectivity index (χ0v) is 15.9.